The van der Waals surface area contributed by atoms with Crippen LogP contribution in [0.2, 0.25) is 0 Å². The average molecular weight is 316 g/mol. The number of piperidine rings is 1. The van der Waals surface area contributed by atoms with Gasteiger partial charge in [-0.25, -0.2) is 0 Å². The number of nitrogens with zero attached hydrogens (tertiary/aromatic N) is 5. The molecule has 0 aliphatic carbocycles. The number of nitrogens with one attached hydrogen (secondary N) is 1. The predicted octanol–water partition coefficient (Wildman–Crippen LogP) is 0.970. The van der Waals surface area contributed by atoms with Gasteiger partial charge >= 0.3 is 0 Å². The number of aliphatic hydroxyl groups is 1. The van der Waals surface area contributed by atoms with Crippen molar-refractivity contribution in [1.82, 2.24) is 20.3 Å². The Hall–Kier alpha value is -2.27. The van der Waals surface area contributed by atoms with E-state index in [1.54, 1.807) is 4.90 Å². The normalized spacial score (nSPS) is 21.0. The average Bonchev–Trinajstić information content (AvgIpc) is 3.10. The molecule has 0 atom stereocenters. The van der Waals surface area contributed by atoms with Crippen molar-refractivity contribution in [1.29, 1.82) is 0 Å². The summed E-state index contributed by atoms with van der Waals surface area (Å²) in [5.41, 5.74) is -0.883. The van der Waals surface area contributed by atoms with Crippen molar-refractivity contribution in [2.24, 2.45) is 10.2 Å². The number of H-pyrrole nitrogens is 1. The van der Waals surface area contributed by atoms with E-state index in [4.69, 9.17) is 6.42 Å². The SMILES string of the molecule is C#CCCC1(CCC(=O)N2CCC(O)(c3cn[nH]n3)CC2)N=N1. The Bertz CT molecular complexity index is 619. The van der Waals surface area contributed by atoms with Crippen molar-refractivity contribution in [3.05, 3.63) is 11.9 Å². The van der Waals surface area contributed by atoms with Gasteiger partial charge in [0.25, 0.3) is 0 Å². The molecule has 1 aromatic heterocycles. The summed E-state index contributed by atoms with van der Waals surface area (Å²) in [5.74, 6) is 2.65. The number of carbonyl (C=O) groups is 1. The molecule has 1 aromatic rings. The molecule has 2 N–H and O–H groups in total. The van der Waals surface area contributed by atoms with Crippen LogP contribution in [0.5, 0.6) is 0 Å². The largest absolute Gasteiger partial charge is 0.383 e. The summed E-state index contributed by atoms with van der Waals surface area (Å²) in [6, 6.07) is 0. The summed E-state index contributed by atoms with van der Waals surface area (Å²) in [4.78, 5) is 14.1. The molecule has 8 heteroatoms. The Morgan fingerprint density at radius 2 is 2.13 bits per heavy atom. The van der Waals surface area contributed by atoms with Crippen molar-refractivity contribution in [3.8, 4) is 12.3 Å². The minimum Gasteiger partial charge on any atom is -0.383 e. The van der Waals surface area contributed by atoms with E-state index in [9.17, 15) is 9.90 Å². The zero-order valence-electron chi connectivity index (χ0n) is 12.9. The molecule has 3 heterocycles. The van der Waals surface area contributed by atoms with Gasteiger partial charge in [0.1, 0.15) is 11.3 Å². The highest BCUT2D eigenvalue weighted by molar-refractivity contribution is 5.76. The second-order valence-corrected chi connectivity index (χ2v) is 6.15. The molecule has 8 nitrogen and oxygen atoms in total. The first-order valence-corrected chi connectivity index (χ1v) is 7.81. The van der Waals surface area contributed by atoms with Crippen LogP contribution in [0, 0.1) is 12.3 Å². The predicted molar refractivity (Wildman–Crippen MR) is 81.0 cm³/mol. The maximum atomic E-state index is 12.3. The van der Waals surface area contributed by atoms with Gasteiger partial charge in [-0.3, -0.25) is 4.79 Å². The van der Waals surface area contributed by atoms with Crippen molar-refractivity contribution < 1.29 is 9.90 Å². The number of aromatic nitrogens is 3. The van der Waals surface area contributed by atoms with E-state index in [1.807, 2.05) is 0 Å². The zero-order chi connectivity index (χ0) is 16.3. The molecule has 3 rings (SSSR count). The van der Waals surface area contributed by atoms with E-state index in [-0.39, 0.29) is 5.91 Å². The van der Waals surface area contributed by atoms with Gasteiger partial charge < -0.3 is 10.0 Å². The summed E-state index contributed by atoms with van der Waals surface area (Å²) in [6.07, 6.45) is 10.1. The molecule has 122 valence electrons. The van der Waals surface area contributed by atoms with Crippen LogP contribution in [0.15, 0.2) is 16.4 Å². The molecule has 0 saturated carbocycles. The number of hydrogen-bond acceptors (Lipinski definition) is 6. The highest BCUT2D eigenvalue weighted by atomic mass is 16.3. The smallest absolute Gasteiger partial charge is 0.222 e. The van der Waals surface area contributed by atoms with Gasteiger partial charge in [0.15, 0.2) is 5.66 Å². The molecule has 0 radical (unpaired) electrons. The van der Waals surface area contributed by atoms with Crippen molar-refractivity contribution in [3.63, 3.8) is 0 Å². The Morgan fingerprint density at radius 3 is 2.70 bits per heavy atom. The van der Waals surface area contributed by atoms with Gasteiger partial charge in [-0.1, -0.05) is 0 Å². The molecule has 0 spiro atoms. The van der Waals surface area contributed by atoms with Crippen molar-refractivity contribution in [2.45, 2.75) is 49.8 Å². The van der Waals surface area contributed by atoms with Crippen LogP contribution in [0.25, 0.3) is 0 Å². The lowest BCUT2D eigenvalue weighted by molar-refractivity contribution is -0.136. The maximum Gasteiger partial charge on any atom is 0.222 e. The van der Waals surface area contributed by atoms with Crippen LogP contribution in [0.3, 0.4) is 0 Å². The van der Waals surface area contributed by atoms with E-state index in [1.165, 1.54) is 6.20 Å². The van der Waals surface area contributed by atoms with E-state index < -0.39 is 11.3 Å². The van der Waals surface area contributed by atoms with Gasteiger partial charge in [0.2, 0.25) is 5.91 Å². The minimum atomic E-state index is -1.00. The summed E-state index contributed by atoms with van der Waals surface area (Å²) < 4.78 is 0. The molecule has 0 aromatic carbocycles. The minimum absolute atomic E-state index is 0.0737. The third-order valence-corrected chi connectivity index (χ3v) is 4.63. The Morgan fingerprint density at radius 1 is 1.39 bits per heavy atom. The number of terminal acetylenes is 1. The Labute approximate surface area is 134 Å². The fourth-order valence-corrected chi connectivity index (χ4v) is 2.94. The first-order valence-electron chi connectivity index (χ1n) is 7.81. The molecule has 0 bridgehead atoms. The molecular formula is C15H20N6O2. The zero-order valence-corrected chi connectivity index (χ0v) is 12.9. The third kappa shape index (κ3) is 3.40. The van der Waals surface area contributed by atoms with Gasteiger partial charge in [0, 0.05) is 38.8 Å². The number of aromatic amines is 1. The standard InChI is InChI=1S/C15H20N6O2/c1-2-3-5-15(18-19-15)6-4-13(22)21-9-7-14(23,8-10-21)12-11-16-20-17-12/h1,11,23H,3-10H2,(H,16,17,20). The highest BCUT2D eigenvalue weighted by Gasteiger charge is 2.41. The molecule has 1 saturated heterocycles. The fraction of sp³-hybridized carbons (Fsp3) is 0.667. The number of amides is 1. The topological polar surface area (TPSA) is 107 Å². The molecule has 23 heavy (non-hydrogen) atoms. The second kappa shape index (κ2) is 6.08. The summed E-state index contributed by atoms with van der Waals surface area (Å²) in [5, 5.41) is 28.9. The summed E-state index contributed by atoms with van der Waals surface area (Å²) >= 11 is 0. The van der Waals surface area contributed by atoms with Crippen LogP contribution in [-0.2, 0) is 10.4 Å². The highest BCUT2D eigenvalue weighted by Crippen LogP contribution is 2.38. The van der Waals surface area contributed by atoms with E-state index >= 15 is 0 Å². The van der Waals surface area contributed by atoms with Crippen molar-refractivity contribution in [2.75, 3.05) is 13.1 Å². The number of carbonyl (C=O) groups excluding carboxylic acids is 1. The quantitative estimate of drug-likeness (QED) is 0.762. The fourth-order valence-electron chi connectivity index (χ4n) is 2.94. The molecule has 2 aliphatic heterocycles. The van der Waals surface area contributed by atoms with E-state index in [2.05, 4.69) is 31.6 Å². The summed E-state index contributed by atoms with van der Waals surface area (Å²) in [6.45, 7) is 1.02. The lowest BCUT2D eigenvalue weighted by atomic mass is 9.88. The lowest BCUT2D eigenvalue weighted by Gasteiger charge is -2.37. The first kappa shape index (κ1) is 15.6. The van der Waals surface area contributed by atoms with Gasteiger partial charge in [-0.05, 0) is 12.8 Å². The third-order valence-electron chi connectivity index (χ3n) is 4.63. The second-order valence-electron chi connectivity index (χ2n) is 6.15. The van der Waals surface area contributed by atoms with Gasteiger partial charge in [-0.15, -0.1) is 12.3 Å². The number of rotatable bonds is 6. The van der Waals surface area contributed by atoms with Crippen LogP contribution in [0.1, 0.15) is 44.2 Å². The van der Waals surface area contributed by atoms with Crippen LogP contribution >= 0.6 is 0 Å². The van der Waals surface area contributed by atoms with Crippen LogP contribution in [-0.4, -0.2) is 50.1 Å². The summed E-state index contributed by atoms with van der Waals surface area (Å²) in [7, 11) is 0. The van der Waals surface area contributed by atoms with Gasteiger partial charge in [-0.2, -0.15) is 25.6 Å². The molecule has 1 fully saturated rings. The Balaban J connectivity index is 1.46. The monoisotopic (exact) mass is 316 g/mol. The van der Waals surface area contributed by atoms with Gasteiger partial charge in [0.05, 0.1) is 6.20 Å². The first-order chi connectivity index (χ1) is 11.1. The molecule has 0 unspecified atom stereocenters. The lowest BCUT2D eigenvalue weighted by Crippen LogP contribution is -2.45. The van der Waals surface area contributed by atoms with E-state index in [0.29, 0.717) is 57.3 Å². The maximum absolute atomic E-state index is 12.3. The molecule has 2 aliphatic rings. The molecular weight excluding hydrogens is 296 g/mol. The Kier molecular flexibility index (Phi) is 4.13. The number of hydrogen-bond donors (Lipinski definition) is 2. The van der Waals surface area contributed by atoms with Crippen molar-refractivity contribution >= 4 is 5.91 Å². The van der Waals surface area contributed by atoms with Crippen LogP contribution in [0.4, 0.5) is 0 Å². The molecule has 1 amide bonds. The van der Waals surface area contributed by atoms with Crippen LogP contribution < -0.4 is 0 Å². The number of likely N-dealkylation sites (tertiary alicyclic amines) is 1. The van der Waals surface area contributed by atoms with E-state index in [0.717, 1.165) is 0 Å².